The van der Waals surface area contributed by atoms with Crippen LogP contribution in [-0.4, -0.2) is 121 Å². The van der Waals surface area contributed by atoms with Crippen LogP contribution in [0.15, 0.2) is 36.7 Å². The summed E-state index contributed by atoms with van der Waals surface area (Å²) in [6.07, 6.45) is 10.5. The smallest absolute Gasteiger partial charge is 0.224 e. The number of likely N-dealkylation sites (tertiary alicyclic amines) is 2. The lowest BCUT2D eigenvalue weighted by Crippen LogP contribution is -2.22. The van der Waals surface area contributed by atoms with E-state index in [2.05, 4.69) is 55.7 Å². The zero-order valence-corrected chi connectivity index (χ0v) is 33.8. The summed E-state index contributed by atoms with van der Waals surface area (Å²) < 4.78 is 22.2. The SMILES string of the molecule is CNc1nc(C)cc(Cl)n1.CNc1nc(C)cc(Nc2cc(OCCCN3CCCC3)c(OC)cn2)n1.COc1cnc(N)cc1OCCCN1CCCC1. The standard InChI is InChI=1S/C19H28N6O2.C13H21N3O2.C6H8ClN3/c1-14-11-18(24-19(20-2)22-14)23-17-12-15(16(26-3)13-21-17)27-10-6-9-25-7-4-5-8-25;1-17-12-10-15-13(14)9-11(12)18-8-4-7-16-5-2-3-6-16;1-4-3-5(7)10-6(8-2)9-4/h11-13H,4-10H2,1-3H3,(H2,20,21,22,23,24);9-10H,2-8H2,1H3,(H2,14,15);3H,1-2H3,(H,8,9,10). The minimum Gasteiger partial charge on any atom is -0.491 e. The van der Waals surface area contributed by atoms with Crippen LogP contribution in [0, 0.1) is 13.8 Å². The van der Waals surface area contributed by atoms with Gasteiger partial charge in [-0.25, -0.2) is 24.9 Å². The number of hydrogen-bond acceptors (Lipinski definition) is 16. The van der Waals surface area contributed by atoms with Gasteiger partial charge in [-0.3, -0.25) is 0 Å². The summed E-state index contributed by atoms with van der Waals surface area (Å²) >= 11 is 5.64. The van der Waals surface area contributed by atoms with Gasteiger partial charge in [0.25, 0.3) is 0 Å². The van der Waals surface area contributed by atoms with E-state index in [0.717, 1.165) is 37.3 Å². The summed E-state index contributed by atoms with van der Waals surface area (Å²) in [6.45, 7) is 12.2. The molecule has 6 heterocycles. The molecule has 0 unspecified atom stereocenters. The van der Waals surface area contributed by atoms with E-state index in [0.29, 0.717) is 70.7 Å². The van der Waals surface area contributed by atoms with Crippen molar-refractivity contribution in [1.29, 1.82) is 0 Å². The van der Waals surface area contributed by atoms with Crippen molar-refractivity contribution in [3.05, 3.63) is 53.2 Å². The normalized spacial score (nSPS) is 13.9. The van der Waals surface area contributed by atoms with Crippen LogP contribution in [0.3, 0.4) is 0 Å². The van der Waals surface area contributed by atoms with Gasteiger partial charge in [0, 0.05) is 56.8 Å². The molecule has 0 saturated carbocycles. The third-order valence-corrected chi connectivity index (χ3v) is 8.85. The molecule has 4 aromatic rings. The van der Waals surface area contributed by atoms with Crippen molar-refractivity contribution >= 4 is 41.0 Å². The predicted molar refractivity (Wildman–Crippen MR) is 218 cm³/mol. The lowest BCUT2D eigenvalue weighted by atomic mass is 10.3. The highest BCUT2D eigenvalue weighted by Crippen LogP contribution is 2.30. The molecule has 4 aromatic heterocycles. The quantitative estimate of drug-likeness (QED) is 0.0783. The Hall–Kier alpha value is -4.93. The first kappa shape index (κ1) is 42.8. The first-order chi connectivity index (χ1) is 26.7. The summed E-state index contributed by atoms with van der Waals surface area (Å²) in [5.41, 5.74) is 7.36. The molecule has 0 bridgehead atoms. The van der Waals surface area contributed by atoms with Gasteiger partial charge in [0.2, 0.25) is 11.9 Å². The van der Waals surface area contributed by atoms with Gasteiger partial charge >= 0.3 is 0 Å². The average molecular weight is 781 g/mol. The molecule has 6 rings (SSSR count). The number of rotatable bonds is 16. The van der Waals surface area contributed by atoms with Crippen molar-refractivity contribution in [2.75, 3.05) is 102 Å². The second kappa shape index (κ2) is 23.1. The highest BCUT2D eigenvalue weighted by atomic mass is 35.5. The Balaban J connectivity index is 0.000000205. The molecule has 0 amide bonds. The Morgan fingerprint density at radius 1 is 0.655 bits per heavy atom. The molecule has 2 fully saturated rings. The topological polar surface area (TPSA) is 183 Å². The fraction of sp³-hybridized carbons (Fsp3) is 0.526. The molecule has 2 aliphatic heterocycles. The van der Waals surface area contributed by atoms with Gasteiger partial charge in [-0.15, -0.1) is 0 Å². The second-order valence-electron chi connectivity index (χ2n) is 13.0. The molecule has 300 valence electrons. The summed E-state index contributed by atoms with van der Waals surface area (Å²) in [5, 5.41) is 9.42. The summed E-state index contributed by atoms with van der Waals surface area (Å²) in [4.78, 5) is 29.9. The van der Waals surface area contributed by atoms with Crippen LogP contribution in [0.2, 0.25) is 5.15 Å². The van der Waals surface area contributed by atoms with Crippen molar-refractivity contribution in [3.63, 3.8) is 0 Å². The number of hydrogen-bond donors (Lipinski definition) is 4. The monoisotopic (exact) mass is 780 g/mol. The number of anilines is 5. The number of aromatic nitrogens is 6. The van der Waals surface area contributed by atoms with E-state index in [1.807, 2.05) is 26.0 Å². The Morgan fingerprint density at radius 2 is 1.16 bits per heavy atom. The molecule has 0 aromatic carbocycles. The predicted octanol–water partition coefficient (Wildman–Crippen LogP) is 5.86. The second-order valence-corrected chi connectivity index (χ2v) is 13.4. The number of halogens is 1. The molecule has 0 spiro atoms. The number of pyridine rings is 2. The van der Waals surface area contributed by atoms with Crippen LogP contribution in [0.4, 0.5) is 29.4 Å². The van der Waals surface area contributed by atoms with Crippen molar-refractivity contribution in [2.45, 2.75) is 52.4 Å². The van der Waals surface area contributed by atoms with Gasteiger partial charge in [0.15, 0.2) is 23.0 Å². The van der Waals surface area contributed by atoms with Gasteiger partial charge in [-0.1, -0.05) is 11.6 Å². The highest BCUT2D eigenvalue weighted by molar-refractivity contribution is 6.29. The maximum Gasteiger partial charge on any atom is 0.224 e. The first-order valence-corrected chi connectivity index (χ1v) is 19.1. The van der Waals surface area contributed by atoms with Gasteiger partial charge < -0.3 is 50.4 Å². The molecule has 16 nitrogen and oxygen atoms in total. The lowest BCUT2D eigenvalue weighted by molar-refractivity contribution is 0.254. The molecule has 0 radical (unpaired) electrons. The van der Waals surface area contributed by atoms with Crippen LogP contribution in [-0.2, 0) is 0 Å². The highest BCUT2D eigenvalue weighted by Gasteiger charge is 2.13. The first-order valence-electron chi connectivity index (χ1n) is 18.7. The van der Waals surface area contributed by atoms with Crippen LogP contribution >= 0.6 is 11.6 Å². The van der Waals surface area contributed by atoms with Gasteiger partial charge in [-0.05, 0) is 84.6 Å². The van der Waals surface area contributed by atoms with Crippen LogP contribution in [0.1, 0.15) is 49.9 Å². The molecule has 2 saturated heterocycles. The molecular formula is C38H57ClN12O4. The minimum absolute atomic E-state index is 0.449. The zero-order chi connectivity index (χ0) is 39.4. The maximum atomic E-state index is 5.96. The molecule has 55 heavy (non-hydrogen) atoms. The van der Waals surface area contributed by atoms with Crippen LogP contribution in [0.5, 0.6) is 23.0 Å². The van der Waals surface area contributed by atoms with E-state index in [1.54, 1.807) is 52.8 Å². The lowest BCUT2D eigenvalue weighted by Gasteiger charge is -2.16. The molecule has 5 N–H and O–H groups in total. The number of aryl methyl sites for hydroxylation is 2. The van der Waals surface area contributed by atoms with E-state index >= 15 is 0 Å². The van der Waals surface area contributed by atoms with Crippen molar-refractivity contribution < 1.29 is 18.9 Å². The Morgan fingerprint density at radius 3 is 1.69 bits per heavy atom. The Labute approximate surface area is 329 Å². The van der Waals surface area contributed by atoms with Gasteiger partial charge in [0.1, 0.15) is 22.6 Å². The molecule has 2 aliphatic rings. The number of nitrogens with zero attached hydrogens (tertiary/aromatic N) is 8. The van der Waals surface area contributed by atoms with Gasteiger partial charge in [0.05, 0.1) is 39.8 Å². The average Bonchev–Trinajstić information content (AvgIpc) is 3.90. The number of nitrogens with one attached hydrogen (secondary N) is 3. The number of ether oxygens (including phenoxy) is 4. The van der Waals surface area contributed by atoms with E-state index in [-0.39, 0.29) is 0 Å². The summed E-state index contributed by atoms with van der Waals surface area (Å²) in [7, 11) is 6.77. The fourth-order valence-electron chi connectivity index (χ4n) is 5.93. The van der Waals surface area contributed by atoms with Crippen LogP contribution < -0.4 is 40.6 Å². The Bertz CT molecular complexity index is 1720. The van der Waals surface area contributed by atoms with Crippen LogP contribution in [0.25, 0.3) is 0 Å². The van der Waals surface area contributed by atoms with Gasteiger partial charge in [-0.2, -0.15) is 4.98 Å². The van der Waals surface area contributed by atoms with Crippen molar-refractivity contribution in [3.8, 4) is 23.0 Å². The summed E-state index contributed by atoms with van der Waals surface area (Å²) in [6, 6.07) is 7.12. The fourth-order valence-corrected chi connectivity index (χ4v) is 6.17. The third-order valence-electron chi connectivity index (χ3n) is 8.65. The molecular weight excluding hydrogens is 724 g/mol. The maximum absolute atomic E-state index is 5.96. The Kier molecular flexibility index (Phi) is 18.0. The molecule has 0 aliphatic carbocycles. The number of nitrogens with two attached hydrogens (primary N) is 1. The third kappa shape index (κ3) is 15.0. The van der Waals surface area contributed by atoms with Crippen molar-refractivity contribution in [1.82, 2.24) is 39.7 Å². The van der Waals surface area contributed by atoms with E-state index in [1.165, 1.54) is 51.9 Å². The van der Waals surface area contributed by atoms with Crippen molar-refractivity contribution in [2.24, 2.45) is 0 Å². The van der Waals surface area contributed by atoms with E-state index in [4.69, 9.17) is 36.3 Å². The molecule has 0 atom stereocenters. The largest absolute Gasteiger partial charge is 0.491 e. The number of nitrogen functional groups attached to an aromatic ring is 1. The number of methoxy groups -OCH3 is 2. The zero-order valence-electron chi connectivity index (χ0n) is 33.0. The molecule has 17 heteroatoms. The van der Waals surface area contributed by atoms with E-state index in [9.17, 15) is 0 Å². The summed E-state index contributed by atoms with van der Waals surface area (Å²) in [5.74, 6) is 5.49. The van der Waals surface area contributed by atoms with E-state index < -0.39 is 0 Å². The minimum atomic E-state index is 0.449.